The van der Waals surface area contributed by atoms with Crippen LogP contribution in [0.1, 0.15) is 11.1 Å². The molecule has 3 aromatic rings. The molecule has 0 unspecified atom stereocenters. The van der Waals surface area contributed by atoms with Crippen LogP contribution >= 0.6 is 0 Å². The third-order valence-corrected chi connectivity index (χ3v) is 5.41. The van der Waals surface area contributed by atoms with Gasteiger partial charge in [0.1, 0.15) is 5.82 Å². The molecule has 1 fully saturated rings. The lowest BCUT2D eigenvalue weighted by Crippen LogP contribution is -2.38. The van der Waals surface area contributed by atoms with Gasteiger partial charge in [-0.3, -0.25) is 4.99 Å². The Labute approximate surface area is 176 Å². The number of fused-ring (bicyclic) bond motifs is 1. The van der Waals surface area contributed by atoms with Crippen LogP contribution in [0.2, 0.25) is 0 Å². The maximum atomic E-state index is 13.5. The van der Waals surface area contributed by atoms with Crippen LogP contribution in [0.15, 0.2) is 53.7 Å². The molecule has 158 valence electrons. The Balaban J connectivity index is 1.26. The summed E-state index contributed by atoms with van der Waals surface area (Å²) in [5.41, 5.74) is 4.47. The lowest BCUT2D eigenvalue weighted by Gasteiger charge is -2.28. The van der Waals surface area contributed by atoms with Crippen molar-refractivity contribution in [1.29, 1.82) is 0 Å². The lowest BCUT2D eigenvalue weighted by molar-refractivity contribution is 0.122. The quantitative estimate of drug-likeness (QED) is 0.433. The SMILES string of the molecule is CN=C(NCCc1c[nH]c2ccc(F)cc12)NCc1ccc(N2CCOCC2)cc1. The van der Waals surface area contributed by atoms with Gasteiger partial charge in [0.25, 0.3) is 0 Å². The van der Waals surface area contributed by atoms with Gasteiger partial charge in [0.2, 0.25) is 0 Å². The van der Waals surface area contributed by atoms with E-state index in [0.717, 1.165) is 55.2 Å². The van der Waals surface area contributed by atoms with Crippen LogP contribution in [0.5, 0.6) is 0 Å². The molecule has 1 aromatic heterocycles. The summed E-state index contributed by atoms with van der Waals surface area (Å²) >= 11 is 0. The summed E-state index contributed by atoms with van der Waals surface area (Å²) in [7, 11) is 1.76. The minimum Gasteiger partial charge on any atom is -0.378 e. The Morgan fingerprint density at radius 2 is 1.93 bits per heavy atom. The monoisotopic (exact) mass is 409 g/mol. The van der Waals surface area contributed by atoms with Crippen molar-refractivity contribution in [3.63, 3.8) is 0 Å². The number of rotatable bonds is 6. The average Bonchev–Trinajstić information content (AvgIpc) is 3.19. The molecule has 2 aromatic carbocycles. The van der Waals surface area contributed by atoms with E-state index in [1.165, 1.54) is 17.3 Å². The molecular weight excluding hydrogens is 381 g/mol. The Morgan fingerprint density at radius 3 is 2.70 bits per heavy atom. The van der Waals surface area contributed by atoms with Gasteiger partial charge >= 0.3 is 0 Å². The number of anilines is 1. The fraction of sp³-hybridized carbons (Fsp3) is 0.348. The minimum absolute atomic E-state index is 0.214. The van der Waals surface area contributed by atoms with E-state index in [-0.39, 0.29) is 5.82 Å². The van der Waals surface area contributed by atoms with Gasteiger partial charge in [-0.1, -0.05) is 12.1 Å². The van der Waals surface area contributed by atoms with Gasteiger partial charge in [-0.2, -0.15) is 0 Å². The van der Waals surface area contributed by atoms with E-state index in [4.69, 9.17) is 4.74 Å². The zero-order chi connectivity index (χ0) is 20.8. The zero-order valence-corrected chi connectivity index (χ0v) is 17.2. The first-order chi connectivity index (χ1) is 14.7. The average molecular weight is 410 g/mol. The smallest absolute Gasteiger partial charge is 0.191 e. The van der Waals surface area contributed by atoms with Crippen LogP contribution in [0.25, 0.3) is 10.9 Å². The van der Waals surface area contributed by atoms with Crippen LogP contribution in [0.3, 0.4) is 0 Å². The number of benzene rings is 2. The van der Waals surface area contributed by atoms with Crippen molar-refractivity contribution < 1.29 is 9.13 Å². The van der Waals surface area contributed by atoms with Gasteiger partial charge in [0.15, 0.2) is 5.96 Å². The Kier molecular flexibility index (Phi) is 6.49. The largest absolute Gasteiger partial charge is 0.378 e. The van der Waals surface area contributed by atoms with Crippen LogP contribution in [-0.4, -0.2) is 50.8 Å². The highest BCUT2D eigenvalue weighted by Gasteiger charge is 2.11. The second-order valence-corrected chi connectivity index (χ2v) is 7.37. The first-order valence-electron chi connectivity index (χ1n) is 10.3. The van der Waals surface area contributed by atoms with Gasteiger partial charge in [-0.25, -0.2) is 4.39 Å². The maximum Gasteiger partial charge on any atom is 0.191 e. The standard InChI is InChI=1S/C23H28FN5O/c1-25-23(26-9-8-18-16-27-22-7-4-19(24)14-21(18)22)28-15-17-2-5-20(6-3-17)29-10-12-30-13-11-29/h2-7,14,16,27H,8-13,15H2,1H3,(H2,25,26,28). The van der Waals surface area contributed by atoms with Crippen molar-refractivity contribution in [3.8, 4) is 0 Å². The molecule has 0 bridgehead atoms. The first-order valence-corrected chi connectivity index (χ1v) is 10.3. The number of aromatic nitrogens is 1. The third-order valence-electron chi connectivity index (χ3n) is 5.41. The maximum absolute atomic E-state index is 13.5. The predicted molar refractivity (Wildman–Crippen MR) is 120 cm³/mol. The van der Waals surface area contributed by atoms with Crippen molar-refractivity contribution in [2.45, 2.75) is 13.0 Å². The summed E-state index contributed by atoms with van der Waals surface area (Å²) in [6.07, 6.45) is 2.72. The third kappa shape index (κ3) is 4.91. The molecule has 4 rings (SSSR count). The molecule has 30 heavy (non-hydrogen) atoms. The fourth-order valence-corrected chi connectivity index (χ4v) is 3.73. The summed E-state index contributed by atoms with van der Waals surface area (Å²) in [5, 5.41) is 7.61. The summed E-state index contributed by atoms with van der Waals surface area (Å²) in [6, 6.07) is 13.4. The molecule has 0 spiro atoms. The molecule has 7 heteroatoms. The molecule has 0 amide bonds. The van der Waals surface area contributed by atoms with E-state index in [2.05, 4.69) is 49.8 Å². The van der Waals surface area contributed by atoms with Crippen LogP contribution in [-0.2, 0) is 17.7 Å². The van der Waals surface area contributed by atoms with E-state index >= 15 is 0 Å². The number of hydrogen-bond donors (Lipinski definition) is 3. The Bertz CT molecular complexity index is 993. The molecule has 1 aliphatic heterocycles. The molecule has 1 aliphatic rings. The lowest BCUT2D eigenvalue weighted by atomic mass is 10.1. The Hall–Kier alpha value is -3.06. The van der Waals surface area contributed by atoms with Gasteiger partial charge < -0.3 is 25.3 Å². The highest BCUT2D eigenvalue weighted by molar-refractivity contribution is 5.83. The molecule has 0 saturated carbocycles. The molecule has 0 aliphatic carbocycles. The number of aromatic amines is 1. The summed E-state index contributed by atoms with van der Waals surface area (Å²) in [5.74, 6) is 0.534. The number of aliphatic imine (C=N–C) groups is 1. The number of nitrogens with one attached hydrogen (secondary N) is 3. The number of nitrogens with zero attached hydrogens (tertiary/aromatic N) is 2. The van der Waals surface area contributed by atoms with Gasteiger partial charge in [0.05, 0.1) is 13.2 Å². The fourth-order valence-electron chi connectivity index (χ4n) is 3.73. The van der Waals surface area contributed by atoms with E-state index in [9.17, 15) is 4.39 Å². The number of ether oxygens (including phenoxy) is 1. The highest BCUT2D eigenvalue weighted by atomic mass is 19.1. The summed E-state index contributed by atoms with van der Waals surface area (Å²) < 4.78 is 18.9. The number of H-pyrrole nitrogens is 1. The van der Waals surface area contributed by atoms with E-state index in [1.54, 1.807) is 19.2 Å². The van der Waals surface area contributed by atoms with Gasteiger partial charge in [-0.05, 0) is 47.9 Å². The molecule has 0 radical (unpaired) electrons. The Morgan fingerprint density at radius 1 is 1.13 bits per heavy atom. The van der Waals surface area contributed by atoms with Crippen molar-refractivity contribution in [3.05, 3.63) is 65.6 Å². The molecule has 1 saturated heterocycles. The topological polar surface area (TPSA) is 64.7 Å². The van der Waals surface area contributed by atoms with Gasteiger partial charge in [-0.15, -0.1) is 0 Å². The molecule has 3 N–H and O–H groups in total. The number of halogens is 1. The number of morpholine rings is 1. The number of hydrogen-bond acceptors (Lipinski definition) is 3. The number of guanidine groups is 1. The van der Waals surface area contributed by atoms with E-state index in [0.29, 0.717) is 13.1 Å². The second kappa shape index (κ2) is 9.63. The second-order valence-electron chi connectivity index (χ2n) is 7.37. The van der Waals surface area contributed by atoms with Crippen LogP contribution in [0.4, 0.5) is 10.1 Å². The van der Waals surface area contributed by atoms with Crippen LogP contribution < -0.4 is 15.5 Å². The first kappa shape index (κ1) is 20.2. The van der Waals surface area contributed by atoms with E-state index in [1.807, 2.05) is 6.20 Å². The van der Waals surface area contributed by atoms with E-state index < -0.39 is 0 Å². The summed E-state index contributed by atoms with van der Waals surface area (Å²) in [6.45, 7) is 4.87. The molecular formula is C23H28FN5O. The predicted octanol–water partition coefficient (Wildman–Crippen LogP) is 3.05. The molecule has 0 atom stereocenters. The van der Waals surface area contributed by atoms with Crippen LogP contribution in [0, 0.1) is 5.82 Å². The zero-order valence-electron chi connectivity index (χ0n) is 17.2. The minimum atomic E-state index is -0.214. The van der Waals surface area contributed by atoms with Gasteiger partial charge in [0, 0.05) is 56.0 Å². The van der Waals surface area contributed by atoms with Crippen molar-refractivity contribution in [2.24, 2.45) is 4.99 Å². The molecule has 6 nitrogen and oxygen atoms in total. The summed E-state index contributed by atoms with van der Waals surface area (Å²) in [4.78, 5) is 9.83. The van der Waals surface area contributed by atoms with Crippen molar-refractivity contribution in [2.75, 3.05) is 44.8 Å². The normalized spacial score (nSPS) is 14.9. The van der Waals surface area contributed by atoms with Crippen molar-refractivity contribution >= 4 is 22.5 Å². The van der Waals surface area contributed by atoms with Crippen molar-refractivity contribution in [1.82, 2.24) is 15.6 Å². The highest BCUT2D eigenvalue weighted by Crippen LogP contribution is 2.19. The molecule has 2 heterocycles.